The van der Waals surface area contributed by atoms with Gasteiger partial charge in [0.25, 0.3) is 0 Å². The number of hydrogen-bond donors (Lipinski definition) is 2. The first kappa shape index (κ1) is 18.3. The average Bonchev–Trinajstić information content (AvgIpc) is 2.67. The van der Waals surface area contributed by atoms with E-state index in [0.29, 0.717) is 12.4 Å². The number of nitrogens with zero attached hydrogens (tertiary/aromatic N) is 2. The fourth-order valence-corrected chi connectivity index (χ4v) is 3.32. The summed E-state index contributed by atoms with van der Waals surface area (Å²) in [6.07, 6.45) is 4.16. The fraction of sp³-hybridized carbons (Fsp3) is 0.450. The molecule has 2 aromatic rings. The van der Waals surface area contributed by atoms with Crippen LogP contribution in [0.25, 0.3) is 10.9 Å². The number of aliphatic imine (C=N–C) groups is 1. The van der Waals surface area contributed by atoms with Crippen LogP contribution in [0.15, 0.2) is 29.3 Å². The molecule has 1 aromatic heterocycles. The quantitative estimate of drug-likeness (QED) is 0.489. The number of fused-ring (bicyclic) bond motifs is 2. The Labute approximate surface area is 153 Å². The molecule has 0 fully saturated rings. The normalized spacial score (nSPS) is 15.4. The first-order valence-electron chi connectivity index (χ1n) is 9.15. The van der Waals surface area contributed by atoms with Gasteiger partial charge in [0, 0.05) is 11.1 Å². The van der Waals surface area contributed by atoms with Crippen molar-refractivity contribution in [1.29, 1.82) is 0 Å². The standard InChI is InChI=1S/C20H25N3O3/c1-3-26-20(25)13(2)21-18(12-24)23-19-14-8-4-6-10-16(14)22-17-11-7-5-9-15(17)19/h4,6,8,10,13,24H,3,5,7,9,11-12H2,1-2H3,(H,21,22,23)/t13-/m0/s1. The first-order chi connectivity index (χ1) is 12.6. The zero-order valence-corrected chi connectivity index (χ0v) is 15.3. The van der Waals surface area contributed by atoms with Gasteiger partial charge in [-0.1, -0.05) is 18.2 Å². The van der Waals surface area contributed by atoms with E-state index in [1.165, 1.54) is 5.56 Å². The Morgan fingerprint density at radius 1 is 1.35 bits per heavy atom. The van der Waals surface area contributed by atoms with Crippen molar-refractivity contribution in [3.63, 3.8) is 0 Å². The SMILES string of the molecule is CCOC(=O)[C@H](C)N=C(CO)Nc1c2c(nc3ccccc13)CCCC2. The maximum atomic E-state index is 11.8. The fourth-order valence-electron chi connectivity index (χ4n) is 3.32. The molecule has 3 rings (SSSR count). The summed E-state index contributed by atoms with van der Waals surface area (Å²) in [6.45, 7) is 3.45. The van der Waals surface area contributed by atoms with E-state index in [1.807, 2.05) is 24.3 Å². The maximum absolute atomic E-state index is 11.8. The second-order valence-corrected chi connectivity index (χ2v) is 6.42. The molecule has 138 valence electrons. The van der Waals surface area contributed by atoms with E-state index in [9.17, 15) is 9.90 Å². The number of carbonyl (C=O) groups excluding carboxylic acids is 1. The van der Waals surface area contributed by atoms with Crippen LogP contribution in [-0.4, -0.2) is 41.2 Å². The molecule has 6 heteroatoms. The van der Waals surface area contributed by atoms with Gasteiger partial charge in [0.15, 0.2) is 0 Å². The number of benzene rings is 1. The number of aliphatic hydroxyl groups is 1. The van der Waals surface area contributed by atoms with Crippen LogP contribution < -0.4 is 5.32 Å². The number of para-hydroxylation sites is 1. The van der Waals surface area contributed by atoms with Crippen LogP contribution in [0.1, 0.15) is 37.9 Å². The lowest BCUT2D eigenvalue weighted by molar-refractivity contribution is -0.144. The number of nitrogens with one attached hydrogen (secondary N) is 1. The van der Waals surface area contributed by atoms with E-state index in [2.05, 4.69) is 10.3 Å². The lowest BCUT2D eigenvalue weighted by Crippen LogP contribution is -2.25. The minimum Gasteiger partial charge on any atom is -0.464 e. The number of esters is 1. The van der Waals surface area contributed by atoms with Crippen molar-refractivity contribution in [2.75, 3.05) is 18.5 Å². The number of pyridine rings is 1. The van der Waals surface area contributed by atoms with E-state index in [-0.39, 0.29) is 6.61 Å². The number of anilines is 1. The number of aromatic nitrogens is 1. The summed E-state index contributed by atoms with van der Waals surface area (Å²) < 4.78 is 4.99. The first-order valence-corrected chi connectivity index (χ1v) is 9.15. The second-order valence-electron chi connectivity index (χ2n) is 6.42. The lowest BCUT2D eigenvalue weighted by atomic mass is 9.92. The largest absolute Gasteiger partial charge is 0.464 e. The van der Waals surface area contributed by atoms with Gasteiger partial charge in [0.05, 0.1) is 17.8 Å². The van der Waals surface area contributed by atoms with E-state index in [0.717, 1.165) is 48.0 Å². The molecule has 0 amide bonds. The molecule has 1 aromatic carbocycles. The molecule has 0 bridgehead atoms. The highest BCUT2D eigenvalue weighted by molar-refractivity contribution is 6.05. The molecule has 6 nitrogen and oxygen atoms in total. The monoisotopic (exact) mass is 355 g/mol. The van der Waals surface area contributed by atoms with Crippen LogP contribution >= 0.6 is 0 Å². The predicted molar refractivity (Wildman–Crippen MR) is 103 cm³/mol. The van der Waals surface area contributed by atoms with Crippen molar-refractivity contribution >= 4 is 28.4 Å². The summed E-state index contributed by atoms with van der Waals surface area (Å²) >= 11 is 0. The zero-order chi connectivity index (χ0) is 18.5. The number of hydrogen-bond acceptors (Lipinski definition) is 5. The van der Waals surface area contributed by atoms with Gasteiger partial charge in [-0.3, -0.25) is 9.98 Å². The highest BCUT2D eigenvalue weighted by atomic mass is 16.5. The molecule has 0 saturated heterocycles. The molecule has 26 heavy (non-hydrogen) atoms. The topological polar surface area (TPSA) is 83.8 Å². The zero-order valence-electron chi connectivity index (χ0n) is 15.3. The number of ether oxygens (including phenoxy) is 1. The van der Waals surface area contributed by atoms with Crippen molar-refractivity contribution in [2.24, 2.45) is 4.99 Å². The summed E-state index contributed by atoms with van der Waals surface area (Å²) in [5, 5.41) is 14.0. The molecular weight excluding hydrogens is 330 g/mol. The molecule has 0 unspecified atom stereocenters. The highest BCUT2D eigenvalue weighted by Crippen LogP contribution is 2.33. The molecule has 0 radical (unpaired) electrons. The van der Waals surface area contributed by atoms with Crippen LogP contribution in [0, 0.1) is 0 Å². The molecule has 1 aliphatic rings. The number of amidine groups is 1. The second kappa shape index (κ2) is 8.27. The van der Waals surface area contributed by atoms with E-state index >= 15 is 0 Å². The van der Waals surface area contributed by atoms with Gasteiger partial charge >= 0.3 is 5.97 Å². The van der Waals surface area contributed by atoms with Gasteiger partial charge in [-0.25, -0.2) is 4.79 Å². The molecule has 0 aliphatic heterocycles. The van der Waals surface area contributed by atoms with Gasteiger partial charge in [0.1, 0.15) is 18.5 Å². The van der Waals surface area contributed by atoms with E-state index in [4.69, 9.17) is 9.72 Å². The number of aliphatic hydroxyl groups excluding tert-OH is 1. The third-order valence-electron chi connectivity index (χ3n) is 4.57. The molecule has 0 saturated carbocycles. The van der Waals surface area contributed by atoms with Crippen LogP contribution in [-0.2, 0) is 22.4 Å². The minimum absolute atomic E-state index is 0.283. The molecule has 1 heterocycles. The molecule has 2 N–H and O–H groups in total. The van der Waals surface area contributed by atoms with Crippen LogP contribution in [0.2, 0.25) is 0 Å². The van der Waals surface area contributed by atoms with Gasteiger partial charge in [-0.05, 0) is 51.2 Å². The Hall–Kier alpha value is -2.47. The van der Waals surface area contributed by atoms with Crippen molar-refractivity contribution in [3.05, 3.63) is 35.5 Å². The third-order valence-corrected chi connectivity index (χ3v) is 4.57. The Morgan fingerprint density at radius 3 is 2.88 bits per heavy atom. The summed E-state index contributed by atoms with van der Waals surface area (Å²) in [5.74, 6) is -0.0449. The number of carbonyl (C=O) groups is 1. The molecule has 1 atom stereocenters. The number of aryl methyl sites for hydroxylation is 1. The van der Waals surface area contributed by atoms with Gasteiger partial charge < -0.3 is 15.2 Å². The predicted octanol–water partition coefficient (Wildman–Crippen LogP) is 2.87. The van der Waals surface area contributed by atoms with Gasteiger partial charge in [-0.15, -0.1) is 0 Å². The van der Waals surface area contributed by atoms with Crippen molar-refractivity contribution in [1.82, 2.24) is 4.98 Å². The molecular formula is C20H25N3O3. The Bertz CT molecular complexity index is 832. The third kappa shape index (κ3) is 3.85. The van der Waals surface area contributed by atoms with Gasteiger partial charge in [-0.2, -0.15) is 0 Å². The Kier molecular flexibility index (Phi) is 5.83. The minimum atomic E-state index is -0.673. The maximum Gasteiger partial charge on any atom is 0.330 e. The van der Waals surface area contributed by atoms with Gasteiger partial charge in [0.2, 0.25) is 0 Å². The Balaban J connectivity index is 1.99. The van der Waals surface area contributed by atoms with Crippen LogP contribution in [0.5, 0.6) is 0 Å². The lowest BCUT2D eigenvalue weighted by Gasteiger charge is -2.22. The summed E-state index contributed by atoms with van der Waals surface area (Å²) in [7, 11) is 0. The number of rotatable bonds is 5. The van der Waals surface area contributed by atoms with Crippen molar-refractivity contribution in [3.8, 4) is 0 Å². The summed E-state index contributed by atoms with van der Waals surface area (Å²) in [4.78, 5) is 21.0. The van der Waals surface area contributed by atoms with Crippen LogP contribution in [0.4, 0.5) is 5.69 Å². The highest BCUT2D eigenvalue weighted by Gasteiger charge is 2.20. The molecule has 1 aliphatic carbocycles. The smallest absolute Gasteiger partial charge is 0.330 e. The van der Waals surface area contributed by atoms with Crippen LogP contribution in [0.3, 0.4) is 0 Å². The van der Waals surface area contributed by atoms with E-state index < -0.39 is 12.0 Å². The Morgan fingerprint density at radius 2 is 2.12 bits per heavy atom. The van der Waals surface area contributed by atoms with Crippen molar-refractivity contribution < 1.29 is 14.6 Å². The van der Waals surface area contributed by atoms with Crippen molar-refractivity contribution in [2.45, 2.75) is 45.6 Å². The molecule has 0 spiro atoms. The summed E-state index contributed by atoms with van der Waals surface area (Å²) in [6, 6.07) is 7.28. The summed E-state index contributed by atoms with van der Waals surface area (Å²) in [5.41, 5.74) is 4.15. The van der Waals surface area contributed by atoms with E-state index in [1.54, 1.807) is 13.8 Å². The average molecular weight is 355 g/mol.